The fourth-order valence-electron chi connectivity index (χ4n) is 3.17. The van der Waals surface area contributed by atoms with Crippen LogP contribution in [-0.2, 0) is 13.0 Å². The Morgan fingerprint density at radius 3 is 2.58 bits per heavy atom. The van der Waals surface area contributed by atoms with Crippen molar-refractivity contribution in [3.8, 4) is 11.5 Å². The molecule has 0 unspecified atom stereocenters. The standard InChI is InChI=1S/C27H27ClN2O3/c1-4-5-22-14-20(16-29-30-27(32)23-11-12-25(31)24(28)15-23)8-13-26(22)33-17-19-6-9-21(10-7-19)18(2)3/h4,6-16,18,31H,1,5,17H2,2-3H3,(H,30,32)/b29-16+. The molecule has 6 heteroatoms. The smallest absolute Gasteiger partial charge is 0.271 e. The number of carbonyl (C=O) groups excluding carboxylic acids is 1. The lowest BCUT2D eigenvalue weighted by Crippen LogP contribution is -2.17. The average Bonchev–Trinajstić information content (AvgIpc) is 2.80. The van der Waals surface area contributed by atoms with Gasteiger partial charge < -0.3 is 9.84 Å². The Bertz CT molecular complexity index is 1150. The van der Waals surface area contributed by atoms with Gasteiger partial charge in [0.05, 0.1) is 11.2 Å². The van der Waals surface area contributed by atoms with E-state index in [0.717, 1.165) is 22.4 Å². The zero-order chi connectivity index (χ0) is 23.8. The van der Waals surface area contributed by atoms with Crippen LogP contribution in [0.3, 0.4) is 0 Å². The third-order valence-electron chi connectivity index (χ3n) is 5.08. The maximum absolute atomic E-state index is 12.2. The Morgan fingerprint density at radius 1 is 1.15 bits per heavy atom. The van der Waals surface area contributed by atoms with Crippen LogP contribution in [0.4, 0.5) is 0 Å². The molecule has 0 fully saturated rings. The quantitative estimate of drug-likeness (QED) is 0.224. The van der Waals surface area contributed by atoms with Crippen molar-refractivity contribution in [3.63, 3.8) is 0 Å². The largest absolute Gasteiger partial charge is 0.506 e. The van der Waals surface area contributed by atoms with Crippen LogP contribution in [0.2, 0.25) is 5.02 Å². The molecule has 0 aromatic heterocycles. The Morgan fingerprint density at radius 2 is 1.91 bits per heavy atom. The molecule has 3 aromatic carbocycles. The van der Waals surface area contributed by atoms with Crippen LogP contribution < -0.4 is 10.2 Å². The molecule has 0 spiro atoms. The fraction of sp³-hybridized carbons (Fsp3) is 0.185. The summed E-state index contributed by atoms with van der Waals surface area (Å²) in [7, 11) is 0. The van der Waals surface area contributed by atoms with Crippen LogP contribution in [0.5, 0.6) is 11.5 Å². The molecule has 0 bridgehead atoms. The van der Waals surface area contributed by atoms with Crippen LogP contribution in [0.1, 0.15) is 52.4 Å². The lowest BCUT2D eigenvalue weighted by atomic mass is 10.0. The van der Waals surface area contributed by atoms with E-state index in [2.05, 4.69) is 55.2 Å². The topological polar surface area (TPSA) is 70.9 Å². The van der Waals surface area contributed by atoms with Crippen molar-refractivity contribution in [2.45, 2.75) is 32.8 Å². The van der Waals surface area contributed by atoms with Crippen molar-refractivity contribution in [3.05, 3.63) is 106 Å². The number of hydrogen-bond donors (Lipinski definition) is 2. The molecule has 0 saturated carbocycles. The maximum Gasteiger partial charge on any atom is 0.271 e. The summed E-state index contributed by atoms with van der Waals surface area (Å²) in [5, 5.41) is 13.6. The van der Waals surface area contributed by atoms with E-state index < -0.39 is 5.91 Å². The van der Waals surface area contributed by atoms with Gasteiger partial charge in [-0.05, 0) is 71.0 Å². The molecule has 3 aromatic rings. The van der Waals surface area contributed by atoms with Gasteiger partial charge in [0.2, 0.25) is 0 Å². The van der Waals surface area contributed by atoms with Gasteiger partial charge in [-0.2, -0.15) is 5.10 Å². The fourth-order valence-corrected chi connectivity index (χ4v) is 3.35. The Hall–Kier alpha value is -3.57. The molecule has 0 aliphatic rings. The van der Waals surface area contributed by atoms with Gasteiger partial charge in [0.25, 0.3) is 5.91 Å². The van der Waals surface area contributed by atoms with Gasteiger partial charge >= 0.3 is 0 Å². The molecule has 0 heterocycles. The van der Waals surface area contributed by atoms with E-state index in [1.807, 2.05) is 24.3 Å². The summed E-state index contributed by atoms with van der Waals surface area (Å²) in [6, 6.07) is 18.4. The van der Waals surface area contributed by atoms with Crippen molar-refractivity contribution in [2.75, 3.05) is 0 Å². The Labute approximate surface area is 199 Å². The number of allylic oxidation sites excluding steroid dienone is 1. The molecule has 33 heavy (non-hydrogen) atoms. The second-order valence-electron chi connectivity index (χ2n) is 7.91. The highest BCUT2D eigenvalue weighted by atomic mass is 35.5. The second kappa shape index (κ2) is 11.3. The summed E-state index contributed by atoms with van der Waals surface area (Å²) in [6.45, 7) is 8.65. The number of ether oxygens (including phenoxy) is 1. The molecular weight excluding hydrogens is 436 g/mol. The zero-order valence-corrected chi connectivity index (χ0v) is 19.5. The number of aromatic hydroxyl groups is 1. The van der Waals surface area contributed by atoms with E-state index in [4.69, 9.17) is 16.3 Å². The number of rotatable bonds is 9. The molecule has 0 aliphatic carbocycles. The highest BCUT2D eigenvalue weighted by Crippen LogP contribution is 2.24. The molecular formula is C27H27ClN2O3. The van der Waals surface area contributed by atoms with Gasteiger partial charge in [-0.3, -0.25) is 4.79 Å². The van der Waals surface area contributed by atoms with E-state index in [0.29, 0.717) is 24.5 Å². The SMILES string of the molecule is C=CCc1cc(/C=N/NC(=O)c2ccc(O)c(Cl)c2)ccc1OCc1ccc(C(C)C)cc1. The summed E-state index contributed by atoms with van der Waals surface area (Å²) in [5.41, 5.74) is 6.95. The number of nitrogens with zero attached hydrogens (tertiary/aromatic N) is 1. The number of nitrogens with one attached hydrogen (secondary N) is 1. The van der Waals surface area contributed by atoms with Gasteiger partial charge in [-0.1, -0.05) is 55.8 Å². The molecule has 0 saturated heterocycles. The summed E-state index contributed by atoms with van der Waals surface area (Å²) < 4.78 is 6.06. The monoisotopic (exact) mass is 462 g/mol. The minimum absolute atomic E-state index is 0.0821. The number of benzene rings is 3. The van der Waals surface area contributed by atoms with Gasteiger partial charge in [-0.15, -0.1) is 6.58 Å². The molecule has 0 atom stereocenters. The lowest BCUT2D eigenvalue weighted by molar-refractivity contribution is 0.0955. The normalized spacial score (nSPS) is 11.0. The van der Waals surface area contributed by atoms with Crippen LogP contribution in [0.25, 0.3) is 0 Å². The van der Waals surface area contributed by atoms with Gasteiger partial charge in [-0.25, -0.2) is 5.43 Å². The van der Waals surface area contributed by atoms with Crippen molar-refractivity contribution in [1.29, 1.82) is 0 Å². The molecule has 0 aliphatic heterocycles. The number of hydrogen-bond acceptors (Lipinski definition) is 4. The van der Waals surface area contributed by atoms with Gasteiger partial charge in [0.15, 0.2) is 0 Å². The third-order valence-corrected chi connectivity index (χ3v) is 5.38. The predicted octanol–water partition coefficient (Wildman–Crippen LogP) is 6.24. The van der Waals surface area contributed by atoms with Crippen molar-refractivity contribution >= 4 is 23.7 Å². The first-order chi connectivity index (χ1) is 15.9. The number of hydrazone groups is 1. The number of phenols is 1. The zero-order valence-electron chi connectivity index (χ0n) is 18.7. The summed E-state index contributed by atoms with van der Waals surface area (Å²) in [5.74, 6) is 0.768. The molecule has 5 nitrogen and oxygen atoms in total. The predicted molar refractivity (Wildman–Crippen MR) is 133 cm³/mol. The molecule has 3 rings (SSSR count). The van der Waals surface area contributed by atoms with Crippen LogP contribution in [-0.4, -0.2) is 17.2 Å². The van der Waals surface area contributed by atoms with Crippen molar-refractivity contribution in [1.82, 2.24) is 5.43 Å². The van der Waals surface area contributed by atoms with E-state index >= 15 is 0 Å². The summed E-state index contributed by atoms with van der Waals surface area (Å²) in [4.78, 5) is 12.2. The number of carbonyl (C=O) groups is 1. The lowest BCUT2D eigenvalue weighted by Gasteiger charge is -2.12. The van der Waals surface area contributed by atoms with E-state index in [1.54, 1.807) is 6.21 Å². The molecule has 1 amide bonds. The maximum atomic E-state index is 12.2. The third kappa shape index (κ3) is 6.70. The molecule has 2 N–H and O–H groups in total. The average molecular weight is 463 g/mol. The highest BCUT2D eigenvalue weighted by molar-refractivity contribution is 6.32. The summed E-state index contributed by atoms with van der Waals surface area (Å²) in [6.07, 6.45) is 4.01. The molecule has 170 valence electrons. The van der Waals surface area contributed by atoms with Crippen LogP contribution in [0, 0.1) is 0 Å². The van der Waals surface area contributed by atoms with Crippen LogP contribution >= 0.6 is 11.6 Å². The van der Waals surface area contributed by atoms with Crippen LogP contribution in [0.15, 0.2) is 78.4 Å². The second-order valence-corrected chi connectivity index (χ2v) is 8.32. The number of phenolic OH excluding ortho intramolecular Hbond substituents is 1. The van der Waals surface area contributed by atoms with Gasteiger partial charge in [0.1, 0.15) is 18.1 Å². The Balaban J connectivity index is 1.65. The minimum Gasteiger partial charge on any atom is -0.506 e. The number of halogens is 1. The molecule has 0 radical (unpaired) electrons. The number of amides is 1. The van der Waals surface area contributed by atoms with Crippen molar-refractivity contribution < 1.29 is 14.6 Å². The minimum atomic E-state index is -0.428. The highest BCUT2D eigenvalue weighted by Gasteiger charge is 2.08. The van der Waals surface area contributed by atoms with Gasteiger partial charge in [0, 0.05) is 5.56 Å². The first-order valence-corrected chi connectivity index (χ1v) is 11.0. The van der Waals surface area contributed by atoms with Crippen molar-refractivity contribution in [2.24, 2.45) is 5.10 Å². The first-order valence-electron chi connectivity index (χ1n) is 10.6. The van der Waals surface area contributed by atoms with E-state index in [1.165, 1.54) is 23.8 Å². The summed E-state index contributed by atoms with van der Waals surface area (Å²) >= 11 is 5.85. The Kier molecular flexibility index (Phi) is 8.28. The van der Waals surface area contributed by atoms with E-state index in [-0.39, 0.29) is 10.8 Å². The first kappa shape index (κ1) is 24.1. The van der Waals surface area contributed by atoms with E-state index in [9.17, 15) is 9.90 Å².